The third-order valence-electron chi connectivity index (χ3n) is 1.41. The molecular formula is C5H9NO2PS+. The summed E-state index contributed by atoms with van der Waals surface area (Å²) in [6.45, 7) is 0.656. The molecule has 0 bridgehead atoms. The van der Waals surface area contributed by atoms with E-state index in [1.165, 1.54) is 10.6 Å². The van der Waals surface area contributed by atoms with Gasteiger partial charge in [0.25, 0.3) is 0 Å². The van der Waals surface area contributed by atoms with Gasteiger partial charge in [-0.1, -0.05) is 0 Å². The molecule has 0 aromatic rings. The number of sulfonamides is 1. The Balaban J connectivity index is 2.49. The van der Waals surface area contributed by atoms with Crippen molar-refractivity contribution in [2.75, 3.05) is 19.0 Å². The van der Waals surface area contributed by atoms with E-state index in [2.05, 4.69) is 0 Å². The molecule has 3 nitrogen and oxygen atoms in total. The van der Waals surface area contributed by atoms with E-state index >= 15 is 0 Å². The first-order valence-corrected chi connectivity index (χ1v) is 5.89. The van der Waals surface area contributed by atoms with Gasteiger partial charge in [0.05, 0.1) is 0 Å². The van der Waals surface area contributed by atoms with Crippen LogP contribution in [0.15, 0.2) is 0 Å². The average Bonchev–Trinajstić information content (AvgIpc) is 2.44. The topological polar surface area (TPSA) is 37.1 Å². The van der Waals surface area contributed by atoms with Crippen LogP contribution in [-0.4, -0.2) is 37.7 Å². The van der Waals surface area contributed by atoms with Gasteiger partial charge in [-0.05, 0) is 0 Å². The molecule has 2 atom stereocenters. The summed E-state index contributed by atoms with van der Waals surface area (Å²) in [5.41, 5.74) is 0. The van der Waals surface area contributed by atoms with E-state index in [4.69, 9.17) is 6.13 Å². The normalized spacial score (nSPS) is 31.6. The molecule has 10 heavy (non-hydrogen) atoms. The molecule has 1 heterocycles. The summed E-state index contributed by atoms with van der Waals surface area (Å²) < 4.78 is 23.0. The standard InChI is InChI=1S/C5H9NO2PS/c1-9-4-5-3-6(5)10(2,7)8/h1,5H,3-4H2,2H3/q+1. The second-order valence-corrected chi connectivity index (χ2v) is 5.02. The first-order chi connectivity index (χ1) is 4.55. The van der Waals surface area contributed by atoms with Crippen LogP contribution in [0.2, 0.25) is 0 Å². The molecule has 1 rings (SSSR count). The van der Waals surface area contributed by atoms with E-state index in [-0.39, 0.29) is 6.04 Å². The van der Waals surface area contributed by atoms with Gasteiger partial charge in [-0.3, -0.25) is 0 Å². The first-order valence-electron chi connectivity index (χ1n) is 2.89. The summed E-state index contributed by atoms with van der Waals surface area (Å²) >= 11 is 0. The van der Waals surface area contributed by atoms with Crippen molar-refractivity contribution in [3.63, 3.8) is 0 Å². The molecule has 0 saturated carbocycles. The Bertz CT molecular complexity index is 266. The van der Waals surface area contributed by atoms with Gasteiger partial charge in [0.15, 0.2) is 0 Å². The molecule has 1 fully saturated rings. The van der Waals surface area contributed by atoms with Gasteiger partial charge in [-0.15, -0.1) is 0 Å². The van der Waals surface area contributed by atoms with Gasteiger partial charge in [-0.25, -0.2) is 0 Å². The van der Waals surface area contributed by atoms with Crippen molar-refractivity contribution in [3.8, 4) is 6.13 Å². The third kappa shape index (κ3) is 1.80. The van der Waals surface area contributed by atoms with Gasteiger partial charge in [-0.2, -0.15) is 0 Å². The maximum atomic E-state index is 10.8. The van der Waals surface area contributed by atoms with Gasteiger partial charge in [0.1, 0.15) is 0 Å². The first kappa shape index (κ1) is 8.22. The molecule has 0 spiro atoms. The van der Waals surface area contributed by atoms with Crippen molar-refractivity contribution in [3.05, 3.63) is 0 Å². The van der Waals surface area contributed by atoms with E-state index in [1.807, 2.05) is 0 Å². The summed E-state index contributed by atoms with van der Waals surface area (Å²) in [5.74, 6) is 0. The fourth-order valence-electron chi connectivity index (χ4n) is 0.837. The molecule has 2 unspecified atom stereocenters. The number of rotatable bonds is 2. The molecular weight excluding hydrogens is 169 g/mol. The molecule has 0 N–H and O–H groups in total. The molecule has 1 aliphatic rings. The van der Waals surface area contributed by atoms with E-state index in [1.54, 1.807) is 0 Å². The third-order valence-corrected chi connectivity index (χ3v) is 3.34. The van der Waals surface area contributed by atoms with Crippen molar-refractivity contribution < 1.29 is 8.42 Å². The number of nitrogens with zero attached hydrogens (tertiary/aromatic N) is 1. The quantitative estimate of drug-likeness (QED) is 0.446. The van der Waals surface area contributed by atoms with E-state index in [9.17, 15) is 8.42 Å². The monoisotopic (exact) mass is 178 g/mol. The van der Waals surface area contributed by atoms with Gasteiger partial charge in [0, 0.05) is 0 Å². The maximum absolute atomic E-state index is 10.8. The molecule has 0 aromatic carbocycles. The van der Waals surface area contributed by atoms with Crippen LogP contribution >= 0.6 is 8.04 Å². The predicted octanol–water partition coefficient (Wildman–Crippen LogP) is 0.165. The summed E-state index contributed by atoms with van der Waals surface area (Å²) in [5, 5.41) is 0. The predicted molar refractivity (Wildman–Crippen MR) is 42.1 cm³/mol. The van der Waals surface area contributed by atoms with Crippen molar-refractivity contribution in [2.45, 2.75) is 6.04 Å². The molecule has 56 valence electrons. The van der Waals surface area contributed by atoms with Gasteiger partial charge < -0.3 is 0 Å². The average molecular weight is 178 g/mol. The summed E-state index contributed by atoms with van der Waals surface area (Å²) in [7, 11) is -2.15. The van der Waals surface area contributed by atoms with E-state index < -0.39 is 10.0 Å². The van der Waals surface area contributed by atoms with Crippen LogP contribution in [0.25, 0.3) is 0 Å². The minimum absolute atomic E-state index is 0.182. The van der Waals surface area contributed by atoms with Crippen LogP contribution in [0.5, 0.6) is 0 Å². The molecule has 5 heteroatoms. The van der Waals surface area contributed by atoms with Gasteiger partial charge in [0.2, 0.25) is 0 Å². The fourth-order valence-corrected chi connectivity index (χ4v) is 2.56. The van der Waals surface area contributed by atoms with Crippen LogP contribution in [0.3, 0.4) is 0 Å². The molecule has 0 amide bonds. The van der Waals surface area contributed by atoms with Crippen LogP contribution in [-0.2, 0) is 10.0 Å². The van der Waals surface area contributed by atoms with Crippen LogP contribution in [0.4, 0.5) is 0 Å². The molecule has 0 radical (unpaired) electrons. The van der Waals surface area contributed by atoms with E-state index in [0.717, 1.165) is 14.2 Å². The zero-order valence-electron chi connectivity index (χ0n) is 5.69. The Morgan fingerprint density at radius 3 is 2.70 bits per heavy atom. The zero-order chi connectivity index (χ0) is 7.78. The molecule has 1 saturated heterocycles. The Kier molecular flexibility index (Phi) is 2.16. The Morgan fingerprint density at radius 2 is 2.40 bits per heavy atom. The SMILES string of the molecule is C#[P+]CC1CN1S(C)(=O)=O. The molecule has 0 aliphatic carbocycles. The molecule has 1 aliphatic heterocycles. The minimum atomic E-state index is -2.93. The fraction of sp³-hybridized carbons (Fsp3) is 0.800. The second-order valence-electron chi connectivity index (χ2n) is 2.35. The van der Waals surface area contributed by atoms with Crippen LogP contribution in [0, 0.1) is 6.13 Å². The molecule has 0 aromatic heterocycles. The zero-order valence-corrected chi connectivity index (χ0v) is 7.40. The number of hydrogen-bond acceptors (Lipinski definition) is 2. The Morgan fingerprint density at radius 1 is 1.80 bits per heavy atom. The number of hydrogen-bond donors (Lipinski definition) is 0. The summed E-state index contributed by atoms with van der Waals surface area (Å²) in [6.07, 6.45) is 7.21. The van der Waals surface area contributed by atoms with Crippen LogP contribution in [0.1, 0.15) is 0 Å². The summed E-state index contributed by atoms with van der Waals surface area (Å²) in [6, 6.07) is 0.182. The van der Waals surface area contributed by atoms with Crippen LogP contribution < -0.4 is 0 Å². The second kappa shape index (κ2) is 2.63. The van der Waals surface area contributed by atoms with Crippen molar-refractivity contribution in [2.24, 2.45) is 0 Å². The van der Waals surface area contributed by atoms with Gasteiger partial charge >= 0.3 is 61.9 Å². The van der Waals surface area contributed by atoms with Crippen molar-refractivity contribution >= 4 is 18.1 Å². The van der Waals surface area contributed by atoms with Crippen molar-refractivity contribution in [1.82, 2.24) is 4.31 Å². The van der Waals surface area contributed by atoms with Crippen molar-refractivity contribution in [1.29, 1.82) is 0 Å². The Hall–Kier alpha value is 0.120. The van der Waals surface area contributed by atoms with E-state index in [0.29, 0.717) is 6.54 Å². The Labute approximate surface area is 62.5 Å². The summed E-state index contributed by atoms with van der Waals surface area (Å²) in [4.78, 5) is 0.